The van der Waals surface area contributed by atoms with Crippen molar-refractivity contribution in [2.75, 3.05) is 19.6 Å². The number of carbonyl (C=O) groups excluding carboxylic acids is 2. The van der Waals surface area contributed by atoms with Crippen molar-refractivity contribution >= 4 is 11.8 Å². The van der Waals surface area contributed by atoms with Gasteiger partial charge in [-0.1, -0.05) is 6.42 Å². The fraction of sp³-hybridized carbons (Fsp3) is 0.579. The summed E-state index contributed by atoms with van der Waals surface area (Å²) in [6, 6.07) is 5.31. The molecule has 4 fully saturated rings. The molecule has 3 saturated heterocycles. The topological polar surface area (TPSA) is 77.3 Å². The minimum absolute atomic E-state index is 0.0749. The van der Waals surface area contributed by atoms with Crippen LogP contribution >= 0.6 is 0 Å². The van der Waals surface area contributed by atoms with E-state index in [1.54, 1.807) is 12.1 Å². The van der Waals surface area contributed by atoms with Crippen molar-refractivity contribution in [3.63, 3.8) is 0 Å². The number of amides is 2. The quantitative estimate of drug-likeness (QED) is 0.842. The predicted octanol–water partition coefficient (Wildman–Crippen LogP) is 1.82. The van der Waals surface area contributed by atoms with Crippen molar-refractivity contribution in [2.45, 2.75) is 38.1 Å². The monoisotopic (exact) mass is 338 g/mol. The molecule has 6 heteroatoms. The molecule has 1 saturated carbocycles. The fourth-order valence-electron chi connectivity index (χ4n) is 4.17. The van der Waals surface area contributed by atoms with Crippen molar-refractivity contribution in [3.8, 4) is 6.07 Å². The Morgan fingerprint density at radius 3 is 2.72 bits per heavy atom. The first-order chi connectivity index (χ1) is 12.2. The Labute approximate surface area is 147 Å². The van der Waals surface area contributed by atoms with Crippen molar-refractivity contribution < 1.29 is 9.59 Å². The first-order valence-corrected chi connectivity index (χ1v) is 9.11. The van der Waals surface area contributed by atoms with Crippen molar-refractivity contribution in [3.05, 3.63) is 29.6 Å². The van der Waals surface area contributed by atoms with Crippen LogP contribution in [0.15, 0.2) is 18.3 Å². The molecule has 2 amide bonds. The van der Waals surface area contributed by atoms with Crippen LogP contribution in [-0.2, 0) is 4.79 Å². The van der Waals surface area contributed by atoms with E-state index in [0.29, 0.717) is 30.3 Å². The van der Waals surface area contributed by atoms with Gasteiger partial charge in [-0.15, -0.1) is 0 Å². The molecule has 0 N–H and O–H groups in total. The smallest absolute Gasteiger partial charge is 0.255 e. The van der Waals surface area contributed by atoms with Gasteiger partial charge in [-0.3, -0.25) is 9.59 Å². The average molecular weight is 338 g/mol. The second kappa shape index (κ2) is 6.47. The van der Waals surface area contributed by atoms with E-state index in [1.165, 1.54) is 25.5 Å². The van der Waals surface area contributed by atoms with Crippen LogP contribution in [-0.4, -0.2) is 52.3 Å². The highest BCUT2D eigenvalue weighted by Crippen LogP contribution is 2.34. The third-order valence-corrected chi connectivity index (χ3v) is 5.89. The molecular weight excluding hydrogens is 316 g/mol. The number of hydrogen-bond donors (Lipinski definition) is 0. The SMILES string of the molecule is N#Cc1ccc(C(=O)N2C[C@H]3CC[C@@H](C2)N(CC2CCC2)C3=O)cn1. The molecule has 130 valence electrons. The Morgan fingerprint density at radius 1 is 1.24 bits per heavy atom. The highest BCUT2D eigenvalue weighted by molar-refractivity contribution is 5.94. The maximum atomic E-state index is 12.8. The lowest BCUT2D eigenvalue weighted by atomic mass is 9.83. The van der Waals surface area contributed by atoms with Gasteiger partial charge in [0.05, 0.1) is 11.5 Å². The van der Waals surface area contributed by atoms with Gasteiger partial charge in [0.15, 0.2) is 0 Å². The summed E-state index contributed by atoms with van der Waals surface area (Å²) >= 11 is 0. The average Bonchev–Trinajstić information content (AvgIpc) is 2.89. The van der Waals surface area contributed by atoms with Gasteiger partial charge in [-0.05, 0) is 43.7 Å². The molecular formula is C19H22N4O2. The van der Waals surface area contributed by atoms with Gasteiger partial charge in [0.2, 0.25) is 5.91 Å². The predicted molar refractivity (Wildman–Crippen MR) is 90.4 cm³/mol. The Kier molecular flexibility index (Phi) is 4.16. The van der Waals surface area contributed by atoms with Gasteiger partial charge in [0.25, 0.3) is 5.91 Å². The number of pyridine rings is 1. The van der Waals surface area contributed by atoms with Crippen LogP contribution in [0.5, 0.6) is 0 Å². The van der Waals surface area contributed by atoms with Crippen LogP contribution in [0.3, 0.4) is 0 Å². The zero-order chi connectivity index (χ0) is 17.4. The lowest BCUT2D eigenvalue weighted by Gasteiger charge is -2.40. The largest absolute Gasteiger partial charge is 0.337 e. The number of carbonyl (C=O) groups is 2. The fourth-order valence-corrected chi connectivity index (χ4v) is 4.17. The maximum absolute atomic E-state index is 12.8. The summed E-state index contributed by atoms with van der Waals surface area (Å²) < 4.78 is 0. The summed E-state index contributed by atoms with van der Waals surface area (Å²) in [6.45, 7) is 1.96. The van der Waals surface area contributed by atoms with Gasteiger partial charge >= 0.3 is 0 Å². The van der Waals surface area contributed by atoms with Crippen LogP contribution in [0.4, 0.5) is 0 Å². The first-order valence-electron chi connectivity index (χ1n) is 9.11. The zero-order valence-corrected chi connectivity index (χ0v) is 14.2. The Balaban J connectivity index is 1.51. The normalized spacial score (nSPS) is 26.1. The standard InChI is InChI=1S/C19H22N4O2/c20-8-16-6-4-14(9-21-16)18(24)22-11-15-5-7-17(12-22)23(19(15)25)10-13-2-1-3-13/h4,6,9,13,15,17H,1-3,5,7,10-12H2/t15-,17+/m1/s1. The van der Waals surface area contributed by atoms with Crippen molar-refractivity contribution in [1.29, 1.82) is 5.26 Å². The van der Waals surface area contributed by atoms with E-state index in [0.717, 1.165) is 19.4 Å². The van der Waals surface area contributed by atoms with E-state index in [1.807, 2.05) is 11.0 Å². The van der Waals surface area contributed by atoms with Gasteiger partial charge in [-0.25, -0.2) is 4.98 Å². The summed E-state index contributed by atoms with van der Waals surface area (Å²) in [4.78, 5) is 33.5. The number of hydrogen-bond acceptors (Lipinski definition) is 4. The number of nitriles is 1. The third kappa shape index (κ3) is 2.99. The molecule has 1 aliphatic carbocycles. The van der Waals surface area contributed by atoms with Crippen LogP contribution in [0, 0.1) is 23.2 Å². The van der Waals surface area contributed by atoms with Crippen molar-refractivity contribution in [2.24, 2.45) is 11.8 Å². The molecule has 1 aromatic heterocycles. The Morgan fingerprint density at radius 2 is 2.08 bits per heavy atom. The van der Waals surface area contributed by atoms with Gasteiger partial charge in [0.1, 0.15) is 11.8 Å². The lowest BCUT2D eigenvalue weighted by molar-refractivity contribution is -0.141. The summed E-state index contributed by atoms with van der Waals surface area (Å²) in [5, 5.41) is 8.84. The molecule has 1 aromatic rings. The van der Waals surface area contributed by atoms with E-state index in [9.17, 15) is 9.59 Å². The molecule has 25 heavy (non-hydrogen) atoms. The number of rotatable bonds is 3. The molecule has 4 heterocycles. The highest BCUT2D eigenvalue weighted by atomic mass is 16.2. The molecule has 4 aliphatic rings. The van der Waals surface area contributed by atoms with Gasteiger partial charge in [0, 0.05) is 31.9 Å². The number of fused-ring (bicyclic) bond motifs is 4. The molecule has 5 rings (SSSR count). The molecule has 2 bridgehead atoms. The maximum Gasteiger partial charge on any atom is 0.255 e. The molecule has 2 atom stereocenters. The highest BCUT2D eigenvalue weighted by Gasteiger charge is 2.43. The summed E-state index contributed by atoms with van der Waals surface area (Å²) in [7, 11) is 0. The molecule has 6 nitrogen and oxygen atoms in total. The van der Waals surface area contributed by atoms with Crippen molar-refractivity contribution in [1.82, 2.24) is 14.8 Å². The minimum atomic E-state index is -0.0906. The van der Waals surface area contributed by atoms with Crippen LogP contribution in [0.2, 0.25) is 0 Å². The summed E-state index contributed by atoms with van der Waals surface area (Å²) in [5.41, 5.74) is 0.785. The zero-order valence-electron chi connectivity index (χ0n) is 14.2. The lowest BCUT2D eigenvalue weighted by Crippen LogP contribution is -2.50. The third-order valence-electron chi connectivity index (χ3n) is 5.89. The second-order valence-corrected chi connectivity index (χ2v) is 7.47. The molecule has 0 aromatic carbocycles. The van der Waals surface area contributed by atoms with E-state index in [2.05, 4.69) is 9.88 Å². The van der Waals surface area contributed by atoms with Crippen LogP contribution in [0.25, 0.3) is 0 Å². The molecule has 0 spiro atoms. The van der Waals surface area contributed by atoms with Crippen LogP contribution in [0.1, 0.15) is 48.2 Å². The van der Waals surface area contributed by atoms with E-state index < -0.39 is 0 Å². The van der Waals surface area contributed by atoms with Crippen LogP contribution < -0.4 is 0 Å². The summed E-state index contributed by atoms with van der Waals surface area (Å²) in [5.74, 6) is 0.716. The number of nitrogens with zero attached hydrogens (tertiary/aromatic N) is 4. The minimum Gasteiger partial charge on any atom is -0.337 e. The Bertz CT molecular complexity index is 720. The van der Waals surface area contributed by atoms with Gasteiger partial charge < -0.3 is 9.80 Å². The first kappa shape index (κ1) is 16.1. The molecule has 3 aliphatic heterocycles. The van der Waals surface area contributed by atoms with E-state index in [-0.39, 0.29) is 23.8 Å². The second-order valence-electron chi connectivity index (χ2n) is 7.47. The molecule has 0 unspecified atom stereocenters. The number of piperidine rings is 1. The van der Waals surface area contributed by atoms with E-state index in [4.69, 9.17) is 5.26 Å². The van der Waals surface area contributed by atoms with Gasteiger partial charge in [-0.2, -0.15) is 5.26 Å². The number of aromatic nitrogens is 1. The summed E-state index contributed by atoms with van der Waals surface area (Å²) in [6.07, 6.45) is 7.04. The van der Waals surface area contributed by atoms with E-state index >= 15 is 0 Å². The Hall–Kier alpha value is -2.42. The molecule has 0 radical (unpaired) electrons.